The molecule has 2 heterocycles. The lowest BCUT2D eigenvalue weighted by atomic mass is 10.1. The van der Waals surface area contributed by atoms with E-state index >= 15 is 0 Å². The number of nitrogens with one attached hydrogen (secondary N) is 2. The fourth-order valence-corrected chi connectivity index (χ4v) is 3.73. The van der Waals surface area contributed by atoms with Crippen LogP contribution in [0.2, 0.25) is 0 Å². The highest BCUT2D eigenvalue weighted by molar-refractivity contribution is 7.09. The van der Waals surface area contributed by atoms with Crippen LogP contribution >= 0.6 is 11.3 Å². The molecule has 2 N–H and O–H groups in total. The lowest BCUT2D eigenvalue weighted by Crippen LogP contribution is -2.38. The van der Waals surface area contributed by atoms with Crippen molar-refractivity contribution in [3.05, 3.63) is 52.2 Å². The Kier molecular flexibility index (Phi) is 3.98. The number of urea groups is 1. The number of hydrogen-bond donors (Lipinski definition) is 2. The quantitative estimate of drug-likeness (QED) is 0.732. The van der Waals surface area contributed by atoms with Crippen molar-refractivity contribution in [2.24, 2.45) is 5.92 Å². The van der Waals surface area contributed by atoms with Gasteiger partial charge in [-0.3, -0.25) is 0 Å². The number of rotatable bonds is 5. The molecule has 124 valence electrons. The van der Waals surface area contributed by atoms with Gasteiger partial charge in [0.15, 0.2) is 0 Å². The summed E-state index contributed by atoms with van der Waals surface area (Å²) in [5.74, 6) is 1.30. The van der Waals surface area contributed by atoms with Gasteiger partial charge < -0.3 is 15.1 Å². The number of aromatic nitrogens is 1. The summed E-state index contributed by atoms with van der Waals surface area (Å²) in [6.07, 6.45) is 4.08. The Labute approximate surface area is 144 Å². The molecule has 0 bridgehead atoms. The van der Waals surface area contributed by atoms with E-state index in [1.807, 2.05) is 36.6 Å². The lowest BCUT2D eigenvalue weighted by Gasteiger charge is -2.16. The summed E-state index contributed by atoms with van der Waals surface area (Å²) in [4.78, 5) is 16.6. The molecule has 24 heavy (non-hydrogen) atoms. The van der Waals surface area contributed by atoms with E-state index in [9.17, 15) is 4.79 Å². The second-order valence-electron chi connectivity index (χ2n) is 6.16. The van der Waals surface area contributed by atoms with Crippen LogP contribution in [-0.2, 0) is 6.54 Å². The summed E-state index contributed by atoms with van der Waals surface area (Å²) in [6.45, 7) is 2.39. The van der Waals surface area contributed by atoms with Crippen LogP contribution in [0.25, 0.3) is 11.0 Å². The number of fused-ring (bicyclic) bond motifs is 1. The maximum Gasteiger partial charge on any atom is 0.315 e. The SMILES string of the molecule is Cc1c(CNC(=O)N[C@H](c2nccs2)C2CC2)oc2ccccc12. The largest absolute Gasteiger partial charge is 0.459 e. The summed E-state index contributed by atoms with van der Waals surface area (Å²) >= 11 is 1.59. The molecule has 0 spiro atoms. The molecule has 0 saturated heterocycles. The first-order valence-corrected chi connectivity index (χ1v) is 9.01. The third kappa shape index (κ3) is 3.01. The van der Waals surface area contributed by atoms with Gasteiger partial charge in [0.2, 0.25) is 0 Å². The number of nitrogens with zero attached hydrogens (tertiary/aromatic N) is 1. The van der Waals surface area contributed by atoms with Crippen molar-refractivity contribution in [1.29, 1.82) is 0 Å². The van der Waals surface area contributed by atoms with Crippen LogP contribution in [0.15, 0.2) is 40.3 Å². The molecule has 5 nitrogen and oxygen atoms in total. The average Bonchev–Trinajstić information content (AvgIpc) is 3.19. The molecule has 1 aromatic carbocycles. The highest BCUT2D eigenvalue weighted by Crippen LogP contribution is 2.41. The van der Waals surface area contributed by atoms with Crippen LogP contribution in [0.1, 0.15) is 35.2 Å². The highest BCUT2D eigenvalue weighted by atomic mass is 32.1. The van der Waals surface area contributed by atoms with Gasteiger partial charge in [0.1, 0.15) is 16.4 Å². The number of para-hydroxylation sites is 1. The number of carbonyl (C=O) groups is 1. The first kappa shape index (κ1) is 15.2. The van der Waals surface area contributed by atoms with E-state index in [2.05, 4.69) is 15.6 Å². The van der Waals surface area contributed by atoms with Crippen molar-refractivity contribution in [3.63, 3.8) is 0 Å². The molecular formula is C18H19N3O2S. The fourth-order valence-electron chi connectivity index (χ4n) is 2.95. The fraction of sp³-hybridized carbons (Fsp3) is 0.333. The van der Waals surface area contributed by atoms with Crippen LogP contribution in [0.5, 0.6) is 0 Å². The lowest BCUT2D eigenvalue weighted by molar-refractivity contribution is 0.234. The van der Waals surface area contributed by atoms with Gasteiger partial charge in [-0.1, -0.05) is 18.2 Å². The molecule has 1 aliphatic rings. The van der Waals surface area contributed by atoms with Gasteiger partial charge >= 0.3 is 6.03 Å². The zero-order chi connectivity index (χ0) is 16.5. The Bertz CT molecular complexity index is 852. The van der Waals surface area contributed by atoms with Crippen LogP contribution in [0, 0.1) is 12.8 Å². The average molecular weight is 341 g/mol. The Morgan fingerprint density at radius 1 is 1.42 bits per heavy atom. The van der Waals surface area contributed by atoms with Gasteiger partial charge in [-0.25, -0.2) is 9.78 Å². The zero-order valence-electron chi connectivity index (χ0n) is 13.4. The number of benzene rings is 1. The molecule has 6 heteroatoms. The van der Waals surface area contributed by atoms with Gasteiger partial charge in [0.05, 0.1) is 12.6 Å². The number of furan rings is 1. The second-order valence-corrected chi connectivity index (χ2v) is 7.09. The Balaban J connectivity index is 1.41. The smallest absolute Gasteiger partial charge is 0.315 e. The van der Waals surface area contributed by atoms with E-state index in [1.165, 1.54) is 0 Å². The Hall–Kier alpha value is -2.34. The Morgan fingerprint density at radius 2 is 2.25 bits per heavy atom. The minimum absolute atomic E-state index is 0.0155. The molecule has 2 amide bonds. The van der Waals surface area contributed by atoms with Crippen LogP contribution in [0.4, 0.5) is 4.79 Å². The van der Waals surface area contributed by atoms with E-state index in [0.29, 0.717) is 12.5 Å². The van der Waals surface area contributed by atoms with Gasteiger partial charge in [-0.2, -0.15) is 0 Å². The van der Waals surface area contributed by atoms with Crippen LogP contribution in [0.3, 0.4) is 0 Å². The van der Waals surface area contributed by atoms with E-state index in [4.69, 9.17) is 4.42 Å². The minimum Gasteiger partial charge on any atom is -0.459 e. The molecule has 0 unspecified atom stereocenters. The Morgan fingerprint density at radius 3 is 2.96 bits per heavy atom. The number of thiazole rings is 1. The molecule has 3 aromatic rings. The van der Waals surface area contributed by atoms with Gasteiger partial charge in [0, 0.05) is 22.5 Å². The summed E-state index contributed by atoms with van der Waals surface area (Å²) < 4.78 is 5.83. The van der Waals surface area contributed by atoms with Crippen molar-refractivity contribution in [2.75, 3.05) is 0 Å². The molecule has 4 rings (SSSR count). The van der Waals surface area contributed by atoms with Crippen LogP contribution in [-0.4, -0.2) is 11.0 Å². The minimum atomic E-state index is -0.179. The van der Waals surface area contributed by atoms with E-state index in [0.717, 1.165) is 40.1 Å². The predicted molar refractivity (Wildman–Crippen MR) is 93.9 cm³/mol. The van der Waals surface area contributed by atoms with Crippen molar-refractivity contribution >= 4 is 28.3 Å². The van der Waals surface area contributed by atoms with Crippen molar-refractivity contribution in [1.82, 2.24) is 15.6 Å². The van der Waals surface area contributed by atoms with E-state index in [-0.39, 0.29) is 12.1 Å². The first-order valence-electron chi connectivity index (χ1n) is 8.13. The second kappa shape index (κ2) is 6.28. The van der Waals surface area contributed by atoms with E-state index < -0.39 is 0 Å². The normalized spacial score (nSPS) is 15.4. The summed E-state index contributed by atoms with van der Waals surface area (Å²) in [5.41, 5.74) is 1.93. The van der Waals surface area contributed by atoms with E-state index in [1.54, 1.807) is 17.5 Å². The predicted octanol–water partition coefficient (Wildman–Crippen LogP) is 4.15. The first-order chi connectivity index (χ1) is 11.7. The summed E-state index contributed by atoms with van der Waals surface area (Å²) in [5, 5.41) is 9.99. The number of amides is 2. The molecule has 1 atom stereocenters. The maximum absolute atomic E-state index is 12.3. The van der Waals surface area contributed by atoms with Crippen molar-refractivity contribution in [2.45, 2.75) is 32.4 Å². The molecule has 1 fully saturated rings. The van der Waals surface area contributed by atoms with Gasteiger partial charge in [-0.15, -0.1) is 11.3 Å². The molecule has 0 radical (unpaired) electrons. The van der Waals surface area contributed by atoms with Crippen molar-refractivity contribution < 1.29 is 9.21 Å². The standard InChI is InChI=1S/C18H19N3O2S/c1-11-13-4-2-3-5-14(13)23-15(11)10-20-18(22)21-16(12-6-7-12)17-19-8-9-24-17/h2-5,8-9,12,16H,6-7,10H2,1H3,(H2,20,21,22)/t16-/m0/s1. The molecule has 1 saturated carbocycles. The highest BCUT2D eigenvalue weighted by Gasteiger charge is 2.35. The number of hydrogen-bond acceptors (Lipinski definition) is 4. The van der Waals surface area contributed by atoms with Crippen LogP contribution < -0.4 is 10.6 Å². The topological polar surface area (TPSA) is 67.2 Å². The third-order valence-corrected chi connectivity index (χ3v) is 5.31. The molecular weight excluding hydrogens is 322 g/mol. The third-order valence-electron chi connectivity index (χ3n) is 4.45. The molecule has 2 aromatic heterocycles. The zero-order valence-corrected chi connectivity index (χ0v) is 14.2. The van der Waals surface area contributed by atoms with Gasteiger partial charge in [-0.05, 0) is 31.7 Å². The number of carbonyl (C=O) groups excluding carboxylic acids is 1. The molecule has 1 aliphatic carbocycles. The molecule has 0 aliphatic heterocycles. The van der Waals surface area contributed by atoms with Gasteiger partial charge in [0.25, 0.3) is 0 Å². The number of aryl methyl sites for hydroxylation is 1. The summed E-state index contributed by atoms with van der Waals surface area (Å²) in [7, 11) is 0. The maximum atomic E-state index is 12.3. The van der Waals surface area contributed by atoms with Crippen molar-refractivity contribution in [3.8, 4) is 0 Å². The summed E-state index contributed by atoms with van der Waals surface area (Å²) in [6, 6.07) is 7.75. The monoisotopic (exact) mass is 341 g/mol.